The molecule has 10 heteroatoms. The predicted molar refractivity (Wildman–Crippen MR) is 76.4 cm³/mol. The molecular weight excluding hydrogens is 370 g/mol. The second kappa shape index (κ2) is 6.04. The summed E-state index contributed by atoms with van der Waals surface area (Å²) in [5.41, 5.74) is -0.0751. The van der Waals surface area contributed by atoms with E-state index in [1.54, 1.807) is 11.4 Å². The van der Waals surface area contributed by atoms with Crippen LogP contribution in [0.5, 0.6) is 0 Å². The fraction of sp³-hybridized carbons (Fsp3) is 0.200. The van der Waals surface area contributed by atoms with Crippen LogP contribution in [0, 0.1) is 0 Å². The molecule has 2 aromatic rings. The van der Waals surface area contributed by atoms with Gasteiger partial charge in [0.15, 0.2) is 5.69 Å². The molecule has 0 amide bonds. The van der Waals surface area contributed by atoms with E-state index in [1.807, 2.05) is 0 Å². The molecule has 0 unspecified atom stereocenters. The van der Waals surface area contributed by atoms with Crippen molar-refractivity contribution in [2.24, 2.45) is 0 Å². The molecular formula is C10H10BrN3O4S2. The van der Waals surface area contributed by atoms with Crippen molar-refractivity contribution in [3.8, 4) is 0 Å². The van der Waals surface area contributed by atoms with Gasteiger partial charge in [0.05, 0.1) is 6.33 Å². The molecule has 0 saturated heterocycles. The first-order valence-electron chi connectivity index (χ1n) is 5.38. The van der Waals surface area contributed by atoms with Crippen molar-refractivity contribution in [1.82, 2.24) is 14.3 Å². The zero-order valence-electron chi connectivity index (χ0n) is 9.98. The van der Waals surface area contributed by atoms with E-state index in [1.165, 1.54) is 17.1 Å². The molecule has 20 heavy (non-hydrogen) atoms. The largest absolute Gasteiger partial charge is 0.476 e. The minimum absolute atomic E-state index is 0.0751. The van der Waals surface area contributed by atoms with E-state index in [2.05, 4.69) is 25.6 Å². The van der Waals surface area contributed by atoms with Crippen LogP contribution in [0.25, 0.3) is 0 Å². The lowest BCUT2D eigenvalue weighted by Crippen LogP contribution is -2.26. The fourth-order valence-corrected chi connectivity index (χ4v) is 4.84. The molecule has 0 aromatic carbocycles. The van der Waals surface area contributed by atoms with Crippen molar-refractivity contribution in [1.29, 1.82) is 0 Å². The smallest absolute Gasteiger partial charge is 0.356 e. The summed E-state index contributed by atoms with van der Waals surface area (Å²) >= 11 is 4.29. The number of rotatable bonds is 6. The standard InChI is InChI=1S/C10H10BrN3O4S2/c11-7-1-4-19-10(7)20(17,18)13-2-3-14-5-8(9(15)16)12-6-14/h1,4-6,13H,2-3H2,(H,15,16). The van der Waals surface area contributed by atoms with Gasteiger partial charge in [-0.1, -0.05) is 0 Å². The molecule has 0 aliphatic carbocycles. The molecule has 7 nitrogen and oxygen atoms in total. The van der Waals surface area contributed by atoms with Gasteiger partial charge in [-0.3, -0.25) is 0 Å². The zero-order chi connectivity index (χ0) is 14.8. The van der Waals surface area contributed by atoms with Gasteiger partial charge >= 0.3 is 5.97 Å². The molecule has 0 saturated carbocycles. The van der Waals surface area contributed by atoms with Crippen molar-refractivity contribution < 1.29 is 18.3 Å². The Morgan fingerprint density at radius 1 is 1.55 bits per heavy atom. The van der Waals surface area contributed by atoms with E-state index < -0.39 is 16.0 Å². The summed E-state index contributed by atoms with van der Waals surface area (Å²) in [6.07, 6.45) is 2.69. The highest BCUT2D eigenvalue weighted by atomic mass is 79.9. The third-order valence-corrected chi connectivity index (χ3v) is 6.47. The first-order valence-corrected chi connectivity index (χ1v) is 8.53. The van der Waals surface area contributed by atoms with Crippen molar-refractivity contribution in [2.75, 3.05) is 6.54 Å². The van der Waals surface area contributed by atoms with Crippen LogP contribution in [0.15, 0.2) is 32.7 Å². The van der Waals surface area contributed by atoms with Crippen LogP contribution in [0.3, 0.4) is 0 Å². The van der Waals surface area contributed by atoms with E-state index >= 15 is 0 Å². The summed E-state index contributed by atoms with van der Waals surface area (Å²) < 4.78 is 28.6. The Morgan fingerprint density at radius 3 is 2.85 bits per heavy atom. The molecule has 0 atom stereocenters. The molecule has 0 fully saturated rings. The number of carboxylic acid groups (broad SMARTS) is 1. The number of hydrogen-bond donors (Lipinski definition) is 2. The summed E-state index contributed by atoms with van der Waals surface area (Å²) in [6.45, 7) is 0.435. The number of aromatic carboxylic acids is 1. The van der Waals surface area contributed by atoms with Crippen LogP contribution < -0.4 is 4.72 Å². The van der Waals surface area contributed by atoms with Gasteiger partial charge in [0.1, 0.15) is 4.21 Å². The second-order valence-corrected chi connectivity index (χ2v) is 7.49. The number of halogens is 1. The Morgan fingerprint density at radius 2 is 2.30 bits per heavy atom. The van der Waals surface area contributed by atoms with E-state index in [0.717, 1.165) is 11.3 Å². The van der Waals surface area contributed by atoms with Gasteiger partial charge in [0.2, 0.25) is 0 Å². The second-order valence-electron chi connectivity index (χ2n) is 3.76. The number of nitrogens with one attached hydrogen (secondary N) is 1. The minimum Gasteiger partial charge on any atom is -0.476 e. The zero-order valence-corrected chi connectivity index (χ0v) is 13.2. The molecule has 108 valence electrons. The highest BCUT2D eigenvalue weighted by Gasteiger charge is 2.18. The first-order chi connectivity index (χ1) is 9.40. The van der Waals surface area contributed by atoms with Crippen LogP contribution in [-0.2, 0) is 16.6 Å². The molecule has 2 rings (SSSR count). The summed E-state index contributed by atoms with van der Waals surface area (Å²) in [5, 5.41) is 10.4. The first kappa shape index (κ1) is 15.2. The summed E-state index contributed by atoms with van der Waals surface area (Å²) in [5.74, 6) is -1.12. The van der Waals surface area contributed by atoms with Gasteiger partial charge in [-0.25, -0.2) is 22.9 Å². The van der Waals surface area contributed by atoms with E-state index in [4.69, 9.17) is 5.11 Å². The number of aromatic nitrogens is 2. The lowest BCUT2D eigenvalue weighted by Gasteiger charge is -2.05. The van der Waals surface area contributed by atoms with E-state index in [0.29, 0.717) is 11.0 Å². The molecule has 0 radical (unpaired) electrons. The quantitative estimate of drug-likeness (QED) is 0.789. The molecule has 2 aromatic heterocycles. The molecule has 0 aliphatic heterocycles. The van der Waals surface area contributed by atoms with Gasteiger partial charge in [0.25, 0.3) is 10.0 Å². The number of sulfonamides is 1. The monoisotopic (exact) mass is 379 g/mol. The highest BCUT2D eigenvalue weighted by Crippen LogP contribution is 2.27. The maximum Gasteiger partial charge on any atom is 0.356 e. The Kier molecular flexibility index (Phi) is 4.58. The predicted octanol–water partition coefficient (Wildman–Crippen LogP) is 1.38. The number of carboxylic acids is 1. The average Bonchev–Trinajstić information content (AvgIpc) is 2.97. The van der Waals surface area contributed by atoms with Gasteiger partial charge in [-0.05, 0) is 27.4 Å². The number of imidazole rings is 1. The SMILES string of the molecule is O=C(O)c1cn(CCNS(=O)(=O)c2sccc2Br)cn1. The normalized spacial score (nSPS) is 11.7. The van der Waals surface area contributed by atoms with Gasteiger partial charge < -0.3 is 9.67 Å². The fourth-order valence-electron chi connectivity index (χ4n) is 1.44. The van der Waals surface area contributed by atoms with Crippen molar-refractivity contribution in [2.45, 2.75) is 10.8 Å². The van der Waals surface area contributed by atoms with Crippen LogP contribution in [0.1, 0.15) is 10.5 Å². The van der Waals surface area contributed by atoms with Crippen LogP contribution in [0.4, 0.5) is 0 Å². The number of hydrogen-bond acceptors (Lipinski definition) is 5. The third-order valence-electron chi connectivity index (χ3n) is 2.34. The lowest BCUT2D eigenvalue weighted by molar-refractivity contribution is 0.0691. The third kappa shape index (κ3) is 3.45. The maximum absolute atomic E-state index is 12.0. The Hall–Kier alpha value is -1.23. The van der Waals surface area contributed by atoms with Gasteiger partial charge in [-0.2, -0.15) is 0 Å². The Labute approximate surface area is 127 Å². The highest BCUT2D eigenvalue weighted by molar-refractivity contribution is 9.10. The minimum atomic E-state index is -3.56. The molecule has 2 N–H and O–H groups in total. The van der Waals surface area contributed by atoms with Gasteiger partial charge in [0, 0.05) is 23.8 Å². The average molecular weight is 380 g/mol. The molecule has 0 spiro atoms. The Bertz CT molecular complexity index is 722. The van der Waals surface area contributed by atoms with E-state index in [9.17, 15) is 13.2 Å². The molecule has 2 heterocycles. The van der Waals surface area contributed by atoms with Crippen LogP contribution in [0.2, 0.25) is 0 Å². The summed E-state index contributed by atoms with van der Waals surface area (Å²) in [7, 11) is -3.56. The van der Waals surface area contributed by atoms with Gasteiger partial charge in [-0.15, -0.1) is 11.3 Å². The topological polar surface area (TPSA) is 101 Å². The summed E-state index contributed by atoms with van der Waals surface area (Å²) in [6, 6.07) is 1.66. The molecule has 0 bridgehead atoms. The summed E-state index contributed by atoms with van der Waals surface area (Å²) in [4.78, 5) is 14.3. The van der Waals surface area contributed by atoms with Crippen molar-refractivity contribution in [3.63, 3.8) is 0 Å². The van der Waals surface area contributed by atoms with Crippen molar-refractivity contribution >= 4 is 43.3 Å². The van der Waals surface area contributed by atoms with Crippen molar-refractivity contribution in [3.05, 3.63) is 34.1 Å². The lowest BCUT2D eigenvalue weighted by atomic mass is 10.5. The number of carbonyl (C=O) groups is 1. The number of thiophene rings is 1. The van der Waals surface area contributed by atoms with E-state index in [-0.39, 0.29) is 16.4 Å². The Balaban J connectivity index is 1.95. The van der Waals surface area contributed by atoms with Crippen LogP contribution >= 0.6 is 27.3 Å². The molecule has 0 aliphatic rings. The number of nitrogens with zero attached hydrogens (tertiary/aromatic N) is 2. The maximum atomic E-state index is 12.0. The van der Waals surface area contributed by atoms with Crippen LogP contribution in [-0.4, -0.2) is 35.6 Å².